The second kappa shape index (κ2) is 5.55. The lowest BCUT2D eigenvalue weighted by Gasteiger charge is -2.13. The van der Waals surface area contributed by atoms with Crippen LogP contribution in [0.3, 0.4) is 0 Å². The van der Waals surface area contributed by atoms with E-state index in [9.17, 15) is 8.78 Å². The van der Waals surface area contributed by atoms with E-state index in [0.29, 0.717) is 17.2 Å². The highest BCUT2D eigenvalue weighted by molar-refractivity contribution is 5.56. The van der Waals surface area contributed by atoms with Crippen LogP contribution in [0.2, 0.25) is 0 Å². The van der Waals surface area contributed by atoms with E-state index in [-0.39, 0.29) is 6.54 Å². The average Bonchev–Trinajstić information content (AvgIpc) is 2.27. The molecule has 1 aromatic heterocycles. The van der Waals surface area contributed by atoms with Crippen LogP contribution in [0, 0.1) is 6.92 Å². The number of anilines is 2. The van der Waals surface area contributed by atoms with Crippen molar-refractivity contribution in [1.82, 2.24) is 9.97 Å². The summed E-state index contributed by atoms with van der Waals surface area (Å²) in [6, 6.07) is 0. The Labute approximate surface area is 91.9 Å². The Morgan fingerprint density at radius 3 is 2.56 bits per heavy atom. The second-order valence-corrected chi connectivity index (χ2v) is 3.23. The van der Waals surface area contributed by atoms with Crippen molar-refractivity contribution >= 4 is 11.6 Å². The summed E-state index contributed by atoms with van der Waals surface area (Å²) in [7, 11) is 1.70. The largest absolute Gasteiger partial charge is 0.385 e. The van der Waals surface area contributed by atoms with Gasteiger partial charge < -0.3 is 15.7 Å². The molecule has 0 spiro atoms. The van der Waals surface area contributed by atoms with Gasteiger partial charge in [0.1, 0.15) is 24.1 Å². The number of nitrogens with one attached hydrogen (secondary N) is 2. The van der Waals surface area contributed by atoms with Crippen LogP contribution in [0.1, 0.15) is 5.56 Å². The number of alkyl halides is 2. The molecule has 0 aliphatic rings. The zero-order chi connectivity index (χ0) is 12.1. The van der Waals surface area contributed by atoms with Gasteiger partial charge in [0.2, 0.25) is 0 Å². The van der Waals surface area contributed by atoms with E-state index in [1.165, 1.54) is 6.33 Å². The van der Waals surface area contributed by atoms with Gasteiger partial charge in [0.25, 0.3) is 6.43 Å². The van der Waals surface area contributed by atoms with Gasteiger partial charge in [0, 0.05) is 19.2 Å². The molecule has 0 saturated carbocycles. The summed E-state index contributed by atoms with van der Waals surface area (Å²) in [5.74, 6) is 1.04. The predicted molar refractivity (Wildman–Crippen MR) is 56.8 cm³/mol. The molecule has 0 aromatic carbocycles. The maximum atomic E-state index is 12.0. The van der Waals surface area contributed by atoms with Crippen LogP contribution in [0.4, 0.5) is 20.4 Å². The predicted octanol–water partition coefficient (Wildman–Crippen LogP) is 0.865. The van der Waals surface area contributed by atoms with E-state index in [0.717, 1.165) is 0 Å². The molecule has 1 unspecified atom stereocenters. The Hall–Kier alpha value is -1.50. The Balaban J connectivity index is 2.67. The molecule has 90 valence electrons. The number of hydrogen-bond donors (Lipinski definition) is 3. The molecule has 1 aromatic rings. The van der Waals surface area contributed by atoms with Gasteiger partial charge in [-0.3, -0.25) is 0 Å². The summed E-state index contributed by atoms with van der Waals surface area (Å²) < 4.78 is 24.1. The molecule has 16 heavy (non-hydrogen) atoms. The van der Waals surface area contributed by atoms with Gasteiger partial charge in [-0.25, -0.2) is 18.7 Å². The third kappa shape index (κ3) is 2.99. The van der Waals surface area contributed by atoms with Crippen molar-refractivity contribution in [3.05, 3.63) is 11.9 Å². The minimum Gasteiger partial charge on any atom is -0.385 e. The maximum Gasteiger partial charge on any atom is 0.265 e. The van der Waals surface area contributed by atoms with Gasteiger partial charge in [-0.15, -0.1) is 0 Å². The molecule has 3 N–H and O–H groups in total. The molecule has 5 nitrogen and oxygen atoms in total. The lowest BCUT2D eigenvalue weighted by atomic mass is 10.3. The fraction of sp³-hybridized carbons (Fsp3) is 0.556. The Morgan fingerprint density at radius 2 is 2.00 bits per heavy atom. The maximum absolute atomic E-state index is 12.0. The molecule has 0 aliphatic heterocycles. The number of hydrogen-bond acceptors (Lipinski definition) is 5. The first-order valence-corrected chi connectivity index (χ1v) is 4.75. The van der Waals surface area contributed by atoms with Crippen LogP contribution in [-0.2, 0) is 0 Å². The standard InChI is InChI=1S/C9H14F2N4O/c1-5-8(12-2)14-4-15-9(5)13-3-6(16)7(10)11/h4,6-7,16H,3H2,1-2H3,(H2,12,13,14,15). The van der Waals surface area contributed by atoms with Gasteiger partial charge in [-0.1, -0.05) is 0 Å². The molecule has 7 heteroatoms. The Bertz CT molecular complexity index is 348. The first kappa shape index (κ1) is 12.6. The van der Waals surface area contributed by atoms with E-state index in [4.69, 9.17) is 5.11 Å². The number of aliphatic hydroxyl groups is 1. The van der Waals surface area contributed by atoms with E-state index >= 15 is 0 Å². The fourth-order valence-electron chi connectivity index (χ4n) is 1.17. The van der Waals surface area contributed by atoms with Crippen molar-refractivity contribution in [3.63, 3.8) is 0 Å². The lowest BCUT2D eigenvalue weighted by molar-refractivity contribution is 0.00380. The molecule has 1 atom stereocenters. The molecule has 0 bridgehead atoms. The van der Waals surface area contributed by atoms with Crippen molar-refractivity contribution in [2.24, 2.45) is 0 Å². The molecular weight excluding hydrogens is 218 g/mol. The number of halogens is 2. The SMILES string of the molecule is CNc1ncnc(NCC(O)C(F)F)c1C. The monoisotopic (exact) mass is 232 g/mol. The third-order valence-corrected chi connectivity index (χ3v) is 2.09. The number of aromatic nitrogens is 2. The van der Waals surface area contributed by atoms with Crippen molar-refractivity contribution in [2.75, 3.05) is 24.2 Å². The van der Waals surface area contributed by atoms with Crippen LogP contribution in [0.5, 0.6) is 0 Å². The first-order valence-electron chi connectivity index (χ1n) is 4.75. The topological polar surface area (TPSA) is 70.1 Å². The minimum atomic E-state index is -2.77. The van der Waals surface area contributed by atoms with Gasteiger partial charge in [-0.2, -0.15) is 0 Å². The smallest absolute Gasteiger partial charge is 0.265 e. The quantitative estimate of drug-likeness (QED) is 0.702. The van der Waals surface area contributed by atoms with Crippen molar-refractivity contribution in [3.8, 4) is 0 Å². The van der Waals surface area contributed by atoms with Crippen LogP contribution < -0.4 is 10.6 Å². The minimum absolute atomic E-state index is 0.251. The number of aliphatic hydroxyl groups excluding tert-OH is 1. The van der Waals surface area contributed by atoms with Crippen LogP contribution >= 0.6 is 0 Å². The van der Waals surface area contributed by atoms with Crippen molar-refractivity contribution in [2.45, 2.75) is 19.5 Å². The summed E-state index contributed by atoms with van der Waals surface area (Å²) in [6.07, 6.45) is -3.15. The molecule has 0 aliphatic carbocycles. The molecule has 0 saturated heterocycles. The first-order chi connectivity index (χ1) is 7.56. The highest BCUT2D eigenvalue weighted by Gasteiger charge is 2.17. The zero-order valence-electron chi connectivity index (χ0n) is 9.04. The van der Waals surface area contributed by atoms with E-state index in [1.54, 1.807) is 14.0 Å². The summed E-state index contributed by atoms with van der Waals surface area (Å²) in [6.45, 7) is 1.50. The molecule has 0 radical (unpaired) electrons. The number of nitrogens with zero attached hydrogens (tertiary/aromatic N) is 2. The van der Waals surface area contributed by atoms with Gasteiger partial charge in [0.15, 0.2) is 0 Å². The van der Waals surface area contributed by atoms with Crippen molar-refractivity contribution < 1.29 is 13.9 Å². The lowest BCUT2D eigenvalue weighted by Crippen LogP contribution is -2.27. The summed E-state index contributed by atoms with van der Waals surface area (Å²) in [5.41, 5.74) is 0.714. The highest BCUT2D eigenvalue weighted by Crippen LogP contribution is 2.17. The molecule has 0 amide bonds. The Kier molecular flexibility index (Phi) is 4.36. The van der Waals surface area contributed by atoms with Crippen LogP contribution in [0.25, 0.3) is 0 Å². The van der Waals surface area contributed by atoms with Crippen molar-refractivity contribution in [1.29, 1.82) is 0 Å². The molecule has 1 rings (SSSR count). The van der Waals surface area contributed by atoms with E-state index in [1.807, 2.05) is 0 Å². The van der Waals surface area contributed by atoms with E-state index in [2.05, 4.69) is 20.6 Å². The van der Waals surface area contributed by atoms with E-state index < -0.39 is 12.5 Å². The van der Waals surface area contributed by atoms with Gasteiger partial charge >= 0.3 is 0 Å². The highest BCUT2D eigenvalue weighted by atomic mass is 19.3. The summed E-state index contributed by atoms with van der Waals surface area (Å²) >= 11 is 0. The van der Waals surface area contributed by atoms with Gasteiger partial charge in [0.05, 0.1) is 0 Å². The zero-order valence-corrected chi connectivity index (χ0v) is 9.04. The summed E-state index contributed by atoms with van der Waals surface area (Å²) in [5, 5.41) is 14.4. The fourth-order valence-corrected chi connectivity index (χ4v) is 1.17. The Morgan fingerprint density at radius 1 is 1.38 bits per heavy atom. The van der Waals surface area contributed by atoms with Crippen LogP contribution in [-0.4, -0.2) is 41.2 Å². The summed E-state index contributed by atoms with van der Waals surface area (Å²) in [4.78, 5) is 7.85. The second-order valence-electron chi connectivity index (χ2n) is 3.23. The number of rotatable bonds is 5. The van der Waals surface area contributed by atoms with Gasteiger partial charge in [-0.05, 0) is 6.92 Å². The molecule has 1 heterocycles. The average molecular weight is 232 g/mol. The van der Waals surface area contributed by atoms with Crippen LogP contribution in [0.15, 0.2) is 6.33 Å². The molecule has 0 fully saturated rings. The normalized spacial score (nSPS) is 12.6. The third-order valence-electron chi connectivity index (χ3n) is 2.09. The molecular formula is C9H14F2N4O.